The fourth-order valence-corrected chi connectivity index (χ4v) is 4.62. The number of piperidine rings is 1. The smallest absolute Gasteiger partial charge is 0.416 e. The summed E-state index contributed by atoms with van der Waals surface area (Å²) in [5.41, 5.74) is -1.51. The highest BCUT2D eigenvalue weighted by molar-refractivity contribution is 7.89. The molecular weight excluding hydrogens is 409 g/mol. The van der Waals surface area contributed by atoms with E-state index in [1.807, 2.05) is 0 Å². The van der Waals surface area contributed by atoms with Crippen molar-refractivity contribution < 1.29 is 31.5 Å². The minimum absolute atomic E-state index is 0.0557. The average molecular weight is 428 g/mol. The Balaban J connectivity index is 1.85. The van der Waals surface area contributed by atoms with Gasteiger partial charge in [0.2, 0.25) is 10.0 Å². The van der Waals surface area contributed by atoms with Crippen LogP contribution in [0.2, 0.25) is 0 Å². The summed E-state index contributed by atoms with van der Waals surface area (Å²) in [5.74, 6) is -1.38. The molecule has 1 fully saturated rings. The van der Waals surface area contributed by atoms with E-state index in [0.717, 1.165) is 25.3 Å². The highest BCUT2D eigenvalue weighted by Crippen LogP contribution is 2.34. The number of carbonyl (C=O) groups is 1. The number of alkyl halides is 3. The van der Waals surface area contributed by atoms with E-state index >= 15 is 0 Å². The van der Waals surface area contributed by atoms with Gasteiger partial charge in [-0.3, -0.25) is 4.79 Å². The Bertz CT molecular complexity index is 1020. The van der Waals surface area contributed by atoms with Gasteiger partial charge >= 0.3 is 6.18 Å². The number of carbonyl (C=O) groups excluding carboxylic acids is 1. The van der Waals surface area contributed by atoms with Gasteiger partial charge < -0.3 is 10.4 Å². The number of anilines is 1. The molecule has 1 heterocycles. The molecule has 0 bridgehead atoms. The van der Waals surface area contributed by atoms with Gasteiger partial charge in [0.15, 0.2) is 0 Å². The Hall–Kier alpha value is -2.59. The summed E-state index contributed by atoms with van der Waals surface area (Å²) in [6.45, 7) is 0.799. The molecule has 3 rings (SSSR count). The maximum atomic E-state index is 12.9. The van der Waals surface area contributed by atoms with Crippen LogP contribution in [0.3, 0.4) is 0 Å². The van der Waals surface area contributed by atoms with Crippen LogP contribution in [-0.2, 0) is 16.2 Å². The third-order valence-electron chi connectivity index (χ3n) is 4.62. The number of benzene rings is 2. The highest BCUT2D eigenvalue weighted by Gasteiger charge is 2.31. The van der Waals surface area contributed by atoms with Crippen LogP contribution in [0.4, 0.5) is 18.9 Å². The molecule has 0 aromatic heterocycles. The molecule has 10 heteroatoms. The van der Waals surface area contributed by atoms with E-state index < -0.39 is 39.1 Å². The Morgan fingerprint density at radius 3 is 2.38 bits per heavy atom. The average Bonchev–Trinajstić information content (AvgIpc) is 2.69. The Kier molecular flexibility index (Phi) is 5.85. The van der Waals surface area contributed by atoms with Crippen LogP contribution in [0, 0.1) is 0 Å². The third-order valence-corrected chi connectivity index (χ3v) is 6.52. The SMILES string of the molecule is O=C(Nc1cc(C(F)(F)F)ccc1O)c1cccc(S(=O)(=O)N2CCCCC2)c1. The van der Waals surface area contributed by atoms with Gasteiger partial charge in [0, 0.05) is 18.7 Å². The minimum atomic E-state index is -4.64. The first kappa shape index (κ1) is 21.1. The Morgan fingerprint density at radius 2 is 1.72 bits per heavy atom. The van der Waals surface area contributed by atoms with Gasteiger partial charge in [-0.1, -0.05) is 12.5 Å². The number of phenols is 1. The molecule has 1 aliphatic heterocycles. The zero-order valence-corrected chi connectivity index (χ0v) is 16.1. The molecule has 0 aliphatic carbocycles. The Morgan fingerprint density at radius 1 is 1.03 bits per heavy atom. The summed E-state index contributed by atoms with van der Waals surface area (Å²) < 4.78 is 65.4. The van der Waals surface area contributed by atoms with E-state index in [1.165, 1.54) is 28.6 Å². The van der Waals surface area contributed by atoms with E-state index in [2.05, 4.69) is 5.32 Å². The van der Waals surface area contributed by atoms with Crippen molar-refractivity contribution in [3.63, 3.8) is 0 Å². The Labute approximate surface area is 166 Å². The van der Waals surface area contributed by atoms with E-state index in [4.69, 9.17) is 0 Å². The van der Waals surface area contributed by atoms with Crippen molar-refractivity contribution in [1.29, 1.82) is 0 Å². The number of aromatic hydroxyl groups is 1. The monoisotopic (exact) mass is 428 g/mol. The van der Waals surface area contributed by atoms with Gasteiger partial charge in [-0.2, -0.15) is 17.5 Å². The lowest BCUT2D eigenvalue weighted by Crippen LogP contribution is -2.35. The van der Waals surface area contributed by atoms with Gasteiger partial charge in [-0.15, -0.1) is 0 Å². The number of sulfonamides is 1. The van der Waals surface area contributed by atoms with Crippen molar-refractivity contribution in [2.45, 2.75) is 30.3 Å². The lowest BCUT2D eigenvalue weighted by atomic mass is 10.1. The molecule has 1 amide bonds. The number of nitrogens with zero attached hydrogens (tertiary/aromatic N) is 1. The van der Waals surface area contributed by atoms with Crippen LogP contribution in [0.1, 0.15) is 35.2 Å². The molecule has 0 saturated carbocycles. The van der Waals surface area contributed by atoms with Gasteiger partial charge in [0.25, 0.3) is 5.91 Å². The lowest BCUT2D eigenvalue weighted by molar-refractivity contribution is -0.137. The van der Waals surface area contributed by atoms with E-state index in [-0.39, 0.29) is 10.5 Å². The van der Waals surface area contributed by atoms with Crippen molar-refractivity contribution in [1.82, 2.24) is 4.31 Å². The number of hydrogen-bond acceptors (Lipinski definition) is 4. The predicted octanol–water partition coefficient (Wildman–Crippen LogP) is 3.84. The second kappa shape index (κ2) is 8.03. The van der Waals surface area contributed by atoms with E-state index in [1.54, 1.807) is 0 Å². The fourth-order valence-electron chi connectivity index (χ4n) is 3.06. The highest BCUT2D eigenvalue weighted by atomic mass is 32.2. The third kappa shape index (κ3) is 4.70. The van der Waals surface area contributed by atoms with Crippen molar-refractivity contribution in [3.05, 3.63) is 53.6 Å². The number of hydrogen-bond donors (Lipinski definition) is 2. The summed E-state index contributed by atoms with van der Waals surface area (Å²) in [6, 6.07) is 7.40. The molecular formula is C19H19F3N2O4S. The van der Waals surface area contributed by atoms with E-state index in [0.29, 0.717) is 25.2 Å². The van der Waals surface area contributed by atoms with Crippen molar-refractivity contribution in [2.24, 2.45) is 0 Å². The molecule has 2 N–H and O–H groups in total. The zero-order valence-electron chi connectivity index (χ0n) is 15.2. The molecule has 2 aromatic carbocycles. The fraction of sp³-hybridized carbons (Fsp3) is 0.316. The van der Waals surface area contributed by atoms with Crippen LogP contribution in [-0.4, -0.2) is 36.8 Å². The summed E-state index contributed by atoms with van der Waals surface area (Å²) >= 11 is 0. The summed E-state index contributed by atoms with van der Waals surface area (Å²) in [7, 11) is -3.77. The number of amides is 1. The first-order valence-corrected chi connectivity index (χ1v) is 10.3. The quantitative estimate of drug-likeness (QED) is 0.725. The predicted molar refractivity (Wildman–Crippen MR) is 100 cm³/mol. The molecule has 2 aromatic rings. The van der Waals surface area contributed by atoms with E-state index in [9.17, 15) is 31.5 Å². The first-order chi connectivity index (χ1) is 13.6. The number of nitrogens with one attached hydrogen (secondary N) is 1. The molecule has 6 nitrogen and oxygen atoms in total. The number of halogens is 3. The standard InChI is InChI=1S/C19H19F3N2O4S/c20-19(21,22)14-7-8-17(25)16(12-14)23-18(26)13-5-4-6-15(11-13)29(27,28)24-9-2-1-3-10-24/h4-8,11-12,25H,1-3,9-10H2,(H,23,26). The maximum absolute atomic E-state index is 12.9. The van der Waals surface area contributed by atoms with Crippen LogP contribution in [0.15, 0.2) is 47.4 Å². The lowest BCUT2D eigenvalue weighted by Gasteiger charge is -2.26. The molecule has 1 aliphatic rings. The van der Waals surface area contributed by atoms with Crippen LogP contribution < -0.4 is 5.32 Å². The maximum Gasteiger partial charge on any atom is 0.416 e. The van der Waals surface area contributed by atoms with Gasteiger partial charge in [0.05, 0.1) is 16.1 Å². The van der Waals surface area contributed by atoms with Crippen LogP contribution >= 0.6 is 0 Å². The second-order valence-electron chi connectivity index (χ2n) is 6.68. The molecule has 29 heavy (non-hydrogen) atoms. The number of rotatable bonds is 4. The molecule has 0 atom stereocenters. The summed E-state index contributed by atoms with van der Waals surface area (Å²) in [4.78, 5) is 12.4. The molecule has 0 radical (unpaired) electrons. The first-order valence-electron chi connectivity index (χ1n) is 8.91. The van der Waals surface area contributed by atoms with Crippen LogP contribution in [0.5, 0.6) is 5.75 Å². The molecule has 156 valence electrons. The number of phenolic OH excluding ortho intramolecular Hbond substituents is 1. The molecule has 0 spiro atoms. The normalized spacial score (nSPS) is 15.8. The van der Waals surface area contributed by atoms with Crippen molar-refractivity contribution in [2.75, 3.05) is 18.4 Å². The largest absolute Gasteiger partial charge is 0.506 e. The van der Waals surface area contributed by atoms with Gasteiger partial charge in [0.1, 0.15) is 5.75 Å². The van der Waals surface area contributed by atoms with Gasteiger partial charge in [-0.05, 0) is 49.2 Å². The molecule has 0 unspecified atom stereocenters. The topological polar surface area (TPSA) is 86.7 Å². The van der Waals surface area contributed by atoms with Crippen molar-refractivity contribution >= 4 is 21.6 Å². The van der Waals surface area contributed by atoms with Crippen molar-refractivity contribution in [3.8, 4) is 5.75 Å². The van der Waals surface area contributed by atoms with Gasteiger partial charge in [-0.25, -0.2) is 8.42 Å². The minimum Gasteiger partial charge on any atom is -0.506 e. The molecule has 1 saturated heterocycles. The second-order valence-corrected chi connectivity index (χ2v) is 8.61. The zero-order chi connectivity index (χ0) is 21.2. The van der Waals surface area contributed by atoms with Crippen LogP contribution in [0.25, 0.3) is 0 Å². The summed E-state index contributed by atoms with van der Waals surface area (Å²) in [6.07, 6.45) is -2.17. The summed E-state index contributed by atoms with van der Waals surface area (Å²) in [5, 5.41) is 12.0.